The van der Waals surface area contributed by atoms with Crippen LogP contribution in [-0.2, 0) is 0 Å². The van der Waals surface area contributed by atoms with Crippen molar-refractivity contribution >= 4 is 11.6 Å². The van der Waals surface area contributed by atoms with Crippen LogP contribution in [-0.4, -0.2) is 21.1 Å². The highest BCUT2D eigenvalue weighted by Gasteiger charge is 2.13. The number of hydrogen-bond acceptors (Lipinski definition) is 5. The van der Waals surface area contributed by atoms with Gasteiger partial charge in [0.2, 0.25) is 17.1 Å². The van der Waals surface area contributed by atoms with E-state index < -0.39 is 28.8 Å². The van der Waals surface area contributed by atoms with Crippen LogP contribution >= 0.6 is 0 Å². The Hall–Kier alpha value is -2.96. The first-order chi connectivity index (χ1) is 9.88. The molecule has 108 valence electrons. The Morgan fingerprint density at radius 2 is 2.00 bits per heavy atom. The molecule has 0 aliphatic heterocycles. The van der Waals surface area contributed by atoms with E-state index in [0.29, 0.717) is 0 Å². The highest BCUT2D eigenvalue weighted by Crippen LogP contribution is 2.22. The zero-order valence-corrected chi connectivity index (χ0v) is 10.9. The number of carbonyl (C=O) groups excluding carboxylic acids is 1. The highest BCUT2D eigenvalue weighted by atomic mass is 19.1. The Labute approximate surface area is 118 Å². The van der Waals surface area contributed by atoms with Gasteiger partial charge in [0.05, 0.1) is 11.9 Å². The third-order valence-corrected chi connectivity index (χ3v) is 2.76. The number of aromatic nitrogens is 1. The molecule has 0 saturated heterocycles. The van der Waals surface area contributed by atoms with Gasteiger partial charge in [-0.25, -0.2) is 4.98 Å². The normalized spacial score (nSPS) is 10.2. The van der Waals surface area contributed by atoms with Gasteiger partial charge in [-0.2, -0.15) is 4.39 Å². The van der Waals surface area contributed by atoms with Crippen LogP contribution in [0.1, 0.15) is 15.9 Å². The molecule has 0 bridgehead atoms. The number of aromatic hydroxyl groups is 2. The van der Waals surface area contributed by atoms with E-state index in [1.807, 2.05) is 0 Å². The number of halogens is 1. The molecule has 1 aromatic heterocycles. The van der Waals surface area contributed by atoms with Crippen molar-refractivity contribution in [3.63, 3.8) is 0 Å². The summed E-state index contributed by atoms with van der Waals surface area (Å²) in [7, 11) is 0. The smallest absolute Gasteiger partial charge is 0.256 e. The molecule has 0 radical (unpaired) electrons. The molecule has 0 aliphatic rings. The number of carbonyl (C=O) groups is 1. The molecule has 0 atom stereocenters. The van der Waals surface area contributed by atoms with Crippen LogP contribution in [0.25, 0.3) is 0 Å². The van der Waals surface area contributed by atoms with Crippen molar-refractivity contribution in [3.8, 4) is 11.5 Å². The number of aryl methyl sites for hydroxylation is 1. The summed E-state index contributed by atoms with van der Waals surface area (Å²) in [5.74, 6) is -2.85. The summed E-state index contributed by atoms with van der Waals surface area (Å²) < 4.78 is 12.7. The van der Waals surface area contributed by atoms with Gasteiger partial charge < -0.3 is 15.5 Å². The Bertz CT molecular complexity index is 760. The number of anilines is 1. The fraction of sp³-hybridized carbons (Fsp3) is 0.0714. The molecule has 1 aromatic carbocycles. The van der Waals surface area contributed by atoms with Gasteiger partial charge in [-0.1, -0.05) is 0 Å². The fourth-order valence-electron chi connectivity index (χ4n) is 1.68. The van der Waals surface area contributed by atoms with E-state index in [1.165, 1.54) is 13.0 Å². The average molecular weight is 290 g/mol. The molecule has 2 aromatic rings. The van der Waals surface area contributed by atoms with Crippen molar-refractivity contribution in [2.75, 3.05) is 5.32 Å². The van der Waals surface area contributed by atoms with Crippen molar-refractivity contribution in [3.05, 3.63) is 57.8 Å². The molecule has 1 amide bonds. The zero-order chi connectivity index (χ0) is 15.6. The molecule has 3 N–H and O–H groups in total. The largest absolute Gasteiger partial charge is 0.504 e. The van der Waals surface area contributed by atoms with Gasteiger partial charge in [-0.15, -0.1) is 0 Å². The third kappa shape index (κ3) is 3.14. The van der Waals surface area contributed by atoms with Gasteiger partial charge in [0.1, 0.15) is 0 Å². The predicted molar refractivity (Wildman–Crippen MR) is 72.9 cm³/mol. The lowest BCUT2D eigenvalue weighted by Gasteiger charge is -2.05. The van der Waals surface area contributed by atoms with E-state index >= 15 is 0 Å². The third-order valence-electron chi connectivity index (χ3n) is 2.76. The number of rotatable bonds is 2. The predicted octanol–water partition coefficient (Wildman–Crippen LogP) is 1.55. The molecule has 1 heterocycles. The van der Waals surface area contributed by atoms with Crippen molar-refractivity contribution in [2.45, 2.75) is 6.92 Å². The average Bonchev–Trinajstić information content (AvgIpc) is 2.53. The van der Waals surface area contributed by atoms with Gasteiger partial charge in [0, 0.05) is 5.56 Å². The Morgan fingerprint density at radius 1 is 1.29 bits per heavy atom. The van der Waals surface area contributed by atoms with Crippen LogP contribution in [0.5, 0.6) is 11.5 Å². The number of nitrogens with zero attached hydrogens (tertiary/aromatic N) is 1. The number of pyridine rings is 1. The first-order valence-corrected chi connectivity index (χ1v) is 5.88. The van der Waals surface area contributed by atoms with E-state index in [1.54, 1.807) is 0 Å². The van der Waals surface area contributed by atoms with Gasteiger partial charge in [0.15, 0.2) is 5.75 Å². The standard InChI is InChI=1S/C14H11FN2O4/c1-7-4-10(18)13(20)11(19)5-9(7)14(21)17-8-2-3-12(15)16-6-8/h2-6H,1H3,(H,17,21)(H2,18,19,20). The minimum atomic E-state index is -0.833. The van der Waals surface area contributed by atoms with Crippen molar-refractivity contribution < 1.29 is 19.4 Å². The highest BCUT2D eigenvalue weighted by molar-refractivity contribution is 6.05. The summed E-state index contributed by atoms with van der Waals surface area (Å²) in [6, 6.07) is 4.41. The second kappa shape index (κ2) is 5.58. The molecule has 2 rings (SSSR count). The molecule has 0 unspecified atom stereocenters. The maximum atomic E-state index is 12.7. The van der Waals surface area contributed by atoms with Crippen LogP contribution in [0, 0.1) is 12.9 Å². The molecular formula is C14H11FN2O4. The van der Waals surface area contributed by atoms with E-state index in [9.17, 15) is 24.2 Å². The first kappa shape index (κ1) is 14.4. The van der Waals surface area contributed by atoms with Crippen LogP contribution in [0.3, 0.4) is 0 Å². The van der Waals surface area contributed by atoms with Crippen molar-refractivity contribution in [2.24, 2.45) is 0 Å². The lowest BCUT2D eigenvalue weighted by atomic mass is 10.1. The topological polar surface area (TPSA) is 99.5 Å². The van der Waals surface area contributed by atoms with Gasteiger partial charge in [0.25, 0.3) is 5.91 Å². The first-order valence-electron chi connectivity index (χ1n) is 5.88. The van der Waals surface area contributed by atoms with Crippen LogP contribution in [0.4, 0.5) is 10.1 Å². The van der Waals surface area contributed by atoms with E-state index in [4.69, 9.17) is 0 Å². The number of amides is 1. The summed E-state index contributed by atoms with van der Waals surface area (Å²) in [4.78, 5) is 26.9. The van der Waals surface area contributed by atoms with Crippen LogP contribution in [0.15, 0.2) is 35.3 Å². The Balaban J connectivity index is 2.40. The summed E-state index contributed by atoms with van der Waals surface area (Å²) >= 11 is 0. The molecule has 21 heavy (non-hydrogen) atoms. The quantitative estimate of drug-likeness (QED) is 0.729. The maximum Gasteiger partial charge on any atom is 0.256 e. The van der Waals surface area contributed by atoms with Crippen LogP contribution < -0.4 is 10.7 Å². The number of hydrogen-bond donors (Lipinski definition) is 3. The van der Waals surface area contributed by atoms with Gasteiger partial charge in [-0.05, 0) is 36.8 Å². The minimum absolute atomic E-state index is 0.00535. The molecule has 0 fully saturated rings. The minimum Gasteiger partial charge on any atom is -0.504 e. The molecule has 7 heteroatoms. The maximum absolute atomic E-state index is 12.7. The summed E-state index contributed by atoms with van der Waals surface area (Å²) in [6.07, 6.45) is 1.13. The SMILES string of the molecule is Cc1cc(=O)c(O)c(O)cc1C(=O)Nc1ccc(F)nc1. The Morgan fingerprint density at radius 3 is 2.62 bits per heavy atom. The van der Waals surface area contributed by atoms with E-state index in [-0.39, 0.29) is 16.8 Å². The lowest BCUT2D eigenvalue weighted by molar-refractivity contribution is 0.102. The molecule has 0 saturated carbocycles. The monoisotopic (exact) mass is 290 g/mol. The van der Waals surface area contributed by atoms with Crippen LogP contribution in [0.2, 0.25) is 0 Å². The van der Waals surface area contributed by atoms with Crippen molar-refractivity contribution in [1.29, 1.82) is 0 Å². The molecule has 6 nitrogen and oxygen atoms in total. The summed E-state index contributed by atoms with van der Waals surface area (Å²) in [5.41, 5.74) is -0.289. The fourth-order valence-corrected chi connectivity index (χ4v) is 1.68. The van der Waals surface area contributed by atoms with Crippen molar-refractivity contribution in [1.82, 2.24) is 4.98 Å². The lowest BCUT2D eigenvalue weighted by Crippen LogP contribution is -2.13. The molecule has 0 spiro atoms. The van der Waals surface area contributed by atoms with Gasteiger partial charge in [-0.3, -0.25) is 9.59 Å². The van der Waals surface area contributed by atoms with Gasteiger partial charge >= 0.3 is 0 Å². The summed E-state index contributed by atoms with van der Waals surface area (Å²) in [5, 5.41) is 21.3. The molecule has 0 aliphatic carbocycles. The summed E-state index contributed by atoms with van der Waals surface area (Å²) in [6.45, 7) is 1.48. The Kier molecular flexibility index (Phi) is 3.84. The van der Waals surface area contributed by atoms with E-state index in [0.717, 1.165) is 24.4 Å². The second-order valence-corrected chi connectivity index (χ2v) is 4.31. The zero-order valence-electron chi connectivity index (χ0n) is 10.9. The number of nitrogens with one attached hydrogen (secondary N) is 1. The molecular weight excluding hydrogens is 279 g/mol. The van der Waals surface area contributed by atoms with E-state index in [2.05, 4.69) is 10.3 Å². The second-order valence-electron chi connectivity index (χ2n) is 4.31.